The van der Waals surface area contributed by atoms with Crippen LogP contribution in [-0.2, 0) is 19.1 Å². The van der Waals surface area contributed by atoms with E-state index >= 15 is 0 Å². The number of esters is 2. The Bertz CT molecular complexity index is 1490. The fraction of sp³-hybridized carbons (Fsp3) is 0.438. The Labute approximate surface area is 254 Å². The number of aromatic nitrogens is 2. The maximum atomic E-state index is 13.0. The van der Waals surface area contributed by atoms with E-state index in [-0.39, 0.29) is 37.3 Å². The summed E-state index contributed by atoms with van der Waals surface area (Å²) in [6, 6.07) is 14.4. The van der Waals surface area contributed by atoms with Gasteiger partial charge in [-0.2, -0.15) is 4.98 Å². The van der Waals surface area contributed by atoms with E-state index in [1.807, 2.05) is 19.1 Å². The van der Waals surface area contributed by atoms with Crippen molar-refractivity contribution in [3.63, 3.8) is 0 Å². The van der Waals surface area contributed by atoms with Gasteiger partial charge in [-0.15, -0.1) is 0 Å². The van der Waals surface area contributed by atoms with E-state index in [0.29, 0.717) is 36.6 Å². The van der Waals surface area contributed by atoms with Gasteiger partial charge >= 0.3 is 11.9 Å². The van der Waals surface area contributed by atoms with Crippen molar-refractivity contribution in [2.45, 2.75) is 63.2 Å². The van der Waals surface area contributed by atoms with Crippen molar-refractivity contribution in [2.75, 3.05) is 19.7 Å². The zero-order valence-electron chi connectivity index (χ0n) is 24.3. The number of amides is 2. The number of benzene rings is 2. The van der Waals surface area contributed by atoms with Crippen LogP contribution in [-0.4, -0.2) is 70.6 Å². The standard InChI is InChI=1S/C32H34N4O8/c1-19(34-30(38)29-33-18-42-35-29)28(22-8-6-21(7-9-22)20-4-5-20)43-25-12-10-23(11-13-25)32(40)44-26-3-2-14-36(16-26)31(39)24-15-27(37)41-17-24/h6-13,18-20,24,26,28H,2-5,14-17H2,1H3,(H,34,38)/t19?,24-,26+,28?/m1/s1. The summed E-state index contributed by atoms with van der Waals surface area (Å²) >= 11 is 0. The molecule has 12 heteroatoms. The molecule has 0 bridgehead atoms. The van der Waals surface area contributed by atoms with Gasteiger partial charge in [-0.3, -0.25) is 14.4 Å². The zero-order valence-corrected chi connectivity index (χ0v) is 24.3. The molecule has 3 heterocycles. The number of hydrogen-bond acceptors (Lipinski definition) is 10. The first kappa shape index (κ1) is 29.3. The van der Waals surface area contributed by atoms with Gasteiger partial charge in [0, 0.05) is 6.54 Å². The van der Waals surface area contributed by atoms with E-state index < -0.39 is 36.0 Å². The molecule has 230 valence electrons. The monoisotopic (exact) mass is 602 g/mol. The quantitative estimate of drug-likeness (QED) is 0.341. The molecule has 3 aromatic rings. The number of ether oxygens (including phenoxy) is 3. The van der Waals surface area contributed by atoms with Gasteiger partial charge in [0.2, 0.25) is 12.3 Å². The van der Waals surface area contributed by atoms with Crippen LogP contribution in [0.3, 0.4) is 0 Å². The summed E-state index contributed by atoms with van der Waals surface area (Å²) in [5.41, 5.74) is 2.51. The number of rotatable bonds is 10. The van der Waals surface area contributed by atoms with Gasteiger partial charge in [-0.25, -0.2) is 4.79 Å². The lowest BCUT2D eigenvalue weighted by Gasteiger charge is -2.33. The molecule has 1 aliphatic carbocycles. The van der Waals surface area contributed by atoms with Crippen LogP contribution < -0.4 is 10.1 Å². The zero-order chi connectivity index (χ0) is 30.6. The van der Waals surface area contributed by atoms with Gasteiger partial charge in [0.05, 0.1) is 30.5 Å². The third-order valence-corrected chi connectivity index (χ3v) is 8.22. The summed E-state index contributed by atoms with van der Waals surface area (Å²) in [5, 5.41) is 6.49. The number of piperidine rings is 1. The Morgan fingerprint density at radius 1 is 1.05 bits per heavy atom. The summed E-state index contributed by atoms with van der Waals surface area (Å²) in [6.45, 7) is 2.77. The van der Waals surface area contributed by atoms with Crippen LogP contribution in [0, 0.1) is 5.92 Å². The average molecular weight is 603 g/mol. The molecule has 1 N–H and O–H groups in total. The average Bonchev–Trinajstić information content (AvgIpc) is 3.55. The lowest BCUT2D eigenvalue weighted by Crippen LogP contribution is -2.46. The largest absolute Gasteiger partial charge is 0.484 e. The van der Waals surface area contributed by atoms with E-state index in [1.165, 1.54) is 18.4 Å². The molecule has 4 atom stereocenters. The number of hydrogen-bond donors (Lipinski definition) is 1. The van der Waals surface area contributed by atoms with E-state index in [9.17, 15) is 19.2 Å². The predicted octanol–water partition coefficient (Wildman–Crippen LogP) is 3.60. The van der Waals surface area contributed by atoms with Crippen molar-refractivity contribution < 1.29 is 37.9 Å². The Morgan fingerprint density at radius 3 is 2.48 bits per heavy atom. The summed E-state index contributed by atoms with van der Waals surface area (Å²) in [6.07, 6.45) is 3.92. The molecule has 12 nitrogen and oxygen atoms in total. The van der Waals surface area contributed by atoms with E-state index in [2.05, 4.69) is 27.6 Å². The molecular weight excluding hydrogens is 568 g/mol. The minimum absolute atomic E-state index is 0.0735. The molecule has 3 fully saturated rings. The Balaban J connectivity index is 1.09. The molecule has 2 saturated heterocycles. The van der Waals surface area contributed by atoms with Crippen LogP contribution >= 0.6 is 0 Å². The number of cyclic esters (lactones) is 1. The van der Waals surface area contributed by atoms with Gasteiger partial charge in [0.1, 0.15) is 24.6 Å². The van der Waals surface area contributed by atoms with Gasteiger partial charge in [-0.1, -0.05) is 29.4 Å². The maximum absolute atomic E-state index is 13.0. The highest BCUT2D eigenvalue weighted by Gasteiger charge is 2.36. The van der Waals surface area contributed by atoms with Crippen molar-refractivity contribution in [3.05, 3.63) is 77.4 Å². The molecule has 3 aliphatic rings. The first-order valence-electron chi connectivity index (χ1n) is 14.9. The minimum atomic E-state index is -0.553. The molecule has 2 unspecified atom stereocenters. The molecular formula is C32H34N4O8. The number of carbonyl (C=O) groups excluding carboxylic acids is 4. The molecule has 2 aliphatic heterocycles. The maximum Gasteiger partial charge on any atom is 0.338 e. The molecule has 1 aromatic heterocycles. The molecule has 6 rings (SSSR count). The van der Waals surface area contributed by atoms with Gasteiger partial charge in [0.15, 0.2) is 0 Å². The summed E-state index contributed by atoms with van der Waals surface area (Å²) in [5.74, 6) is -0.926. The van der Waals surface area contributed by atoms with Crippen molar-refractivity contribution in [1.29, 1.82) is 0 Å². The number of nitrogens with one attached hydrogen (secondary N) is 1. The first-order chi connectivity index (χ1) is 21.3. The topological polar surface area (TPSA) is 150 Å². The predicted molar refractivity (Wildman–Crippen MR) is 154 cm³/mol. The number of nitrogens with zero attached hydrogens (tertiary/aromatic N) is 3. The second-order valence-corrected chi connectivity index (χ2v) is 11.6. The van der Waals surface area contributed by atoms with E-state index in [4.69, 9.17) is 18.7 Å². The van der Waals surface area contributed by atoms with Crippen molar-refractivity contribution in [2.24, 2.45) is 5.92 Å². The normalized spacial score (nSPS) is 21.2. The molecule has 0 radical (unpaired) electrons. The van der Waals surface area contributed by atoms with E-state index in [0.717, 1.165) is 12.0 Å². The second kappa shape index (κ2) is 12.9. The molecule has 0 spiro atoms. The highest BCUT2D eigenvalue weighted by Crippen LogP contribution is 2.40. The van der Waals surface area contributed by atoms with Crippen LogP contribution in [0.4, 0.5) is 0 Å². The number of carbonyl (C=O) groups is 4. The van der Waals surface area contributed by atoms with Gasteiger partial charge in [0.25, 0.3) is 11.7 Å². The smallest absolute Gasteiger partial charge is 0.338 e. The SMILES string of the molecule is CC(NC(=O)c1ncon1)C(Oc1ccc(C(=O)O[C@H]2CCCN(C(=O)[C@H]3COC(=O)C3)C2)cc1)c1ccc(C2CC2)cc1. The lowest BCUT2D eigenvalue weighted by atomic mass is 10.00. The van der Waals surface area contributed by atoms with Crippen molar-refractivity contribution in [3.8, 4) is 5.75 Å². The third-order valence-electron chi connectivity index (χ3n) is 8.22. The van der Waals surface area contributed by atoms with Crippen molar-refractivity contribution >= 4 is 23.8 Å². The van der Waals surface area contributed by atoms with E-state index in [1.54, 1.807) is 29.2 Å². The first-order valence-corrected chi connectivity index (χ1v) is 14.9. The van der Waals surface area contributed by atoms with Crippen molar-refractivity contribution in [1.82, 2.24) is 20.4 Å². The van der Waals surface area contributed by atoms with Gasteiger partial charge < -0.3 is 29.0 Å². The fourth-order valence-corrected chi connectivity index (χ4v) is 5.65. The van der Waals surface area contributed by atoms with Crippen LogP contribution in [0.15, 0.2) is 59.4 Å². The Hall–Kier alpha value is -4.74. The molecule has 44 heavy (non-hydrogen) atoms. The van der Waals surface area contributed by atoms with Crippen LogP contribution in [0.5, 0.6) is 5.75 Å². The Kier molecular flexibility index (Phi) is 8.58. The van der Waals surface area contributed by atoms with Crippen LogP contribution in [0.2, 0.25) is 0 Å². The third kappa shape index (κ3) is 6.90. The Morgan fingerprint density at radius 2 is 1.82 bits per heavy atom. The fourth-order valence-electron chi connectivity index (χ4n) is 5.65. The lowest BCUT2D eigenvalue weighted by molar-refractivity contribution is -0.139. The van der Waals surface area contributed by atoms with Gasteiger partial charge in [-0.05, 0) is 73.9 Å². The highest BCUT2D eigenvalue weighted by atomic mass is 16.5. The highest BCUT2D eigenvalue weighted by molar-refractivity contribution is 5.90. The molecule has 2 amide bonds. The molecule has 1 saturated carbocycles. The molecule has 2 aromatic carbocycles. The summed E-state index contributed by atoms with van der Waals surface area (Å²) in [7, 11) is 0. The summed E-state index contributed by atoms with van der Waals surface area (Å²) < 4.78 is 21.7. The summed E-state index contributed by atoms with van der Waals surface area (Å²) in [4.78, 5) is 55.3. The minimum Gasteiger partial charge on any atom is -0.484 e. The van der Waals surface area contributed by atoms with Crippen LogP contribution in [0.25, 0.3) is 0 Å². The van der Waals surface area contributed by atoms with Crippen LogP contribution in [0.1, 0.15) is 83.2 Å². The number of likely N-dealkylation sites (tertiary alicyclic amines) is 1. The second-order valence-electron chi connectivity index (χ2n) is 11.6.